The van der Waals surface area contributed by atoms with Crippen molar-refractivity contribution < 1.29 is 14.3 Å². The fourth-order valence-electron chi connectivity index (χ4n) is 2.77. The summed E-state index contributed by atoms with van der Waals surface area (Å²) < 4.78 is 14.9. The molecule has 1 N–H and O–H groups in total. The molecule has 0 fully saturated rings. The molecular weight excluding hydrogens is 315 g/mol. The molecule has 0 aliphatic heterocycles. The number of hydrogen-bond donors (Lipinski definition) is 1. The number of fused-ring (bicyclic) bond motifs is 1. The van der Waals surface area contributed by atoms with Crippen molar-refractivity contribution in [2.24, 2.45) is 0 Å². The summed E-state index contributed by atoms with van der Waals surface area (Å²) in [5.41, 5.74) is 2.44. The molecule has 2 aromatic heterocycles. The number of aromatic nitrogens is 2. The van der Waals surface area contributed by atoms with E-state index in [2.05, 4.69) is 4.98 Å². The van der Waals surface area contributed by atoms with E-state index in [9.17, 15) is 14.3 Å². The summed E-state index contributed by atoms with van der Waals surface area (Å²) in [5.74, 6) is -1.29. The molecule has 0 radical (unpaired) electrons. The molecule has 4 nitrogen and oxygen atoms in total. The van der Waals surface area contributed by atoms with Gasteiger partial charge in [-0.2, -0.15) is 0 Å². The number of imidazole rings is 1. The maximum atomic E-state index is 13.2. The zero-order valence-corrected chi connectivity index (χ0v) is 13.8. The van der Waals surface area contributed by atoms with Crippen LogP contribution in [0.1, 0.15) is 41.3 Å². The molecule has 0 amide bonds. The maximum absolute atomic E-state index is 13.2. The molecule has 120 valence electrons. The Kier molecular flexibility index (Phi) is 4.17. The number of halogens is 1. The van der Waals surface area contributed by atoms with E-state index in [-0.39, 0.29) is 11.5 Å². The summed E-state index contributed by atoms with van der Waals surface area (Å²) in [6.45, 7) is 4.02. The van der Waals surface area contributed by atoms with E-state index < -0.39 is 5.97 Å². The first-order valence-electron chi connectivity index (χ1n) is 7.59. The van der Waals surface area contributed by atoms with Gasteiger partial charge in [0, 0.05) is 4.88 Å². The molecule has 0 saturated carbocycles. The van der Waals surface area contributed by atoms with Crippen molar-refractivity contribution in [1.82, 2.24) is 9.38 Å². The summed E-state index contributed by atoms with van der Waals surface area (Å²) in [7, 11) is 0. The van der Waals surface area contributed by atoms with Gasteiger partial charge in [0.05, 0.1) is 11.4 Å². The number of nitrogens with zero attached hydrogens (tertiary/aromatic N) is 2. The van der Waals surface area contributed by atoms with E-state index in [4.69, 9.17) is 0 Å². The van der Waals surface area contributed by atoms with Crippen LogP contribution >= 0.6 is 11.3 Å². The van der Waals surface area contributed by atoms with Crippen molar-refractivity contribution in [2.45, 2.75) is 33.1 Å². The second kappa shape index (κ2) is 6.12. The van der Waals surface area contributed by atoms with E-state index in [0.29, 0.717) is 17.1 Å². The zero-order chi connectivity index (χ0) is 16.6. The molecule has 0 unspecified atom stereocenters. The predicted octanol–water partition coefficient (Wildman–Crippen LogP) is 4.42. The first-order valence-corrected chi connectivity index (χ1v) is 8.40. The standard InChI is InChI=1S/C17H17FN2O2S/c1-3-5-12-15(16(21)22)20-14(10-6-8-11(18)9-7-10)13(4-2)23-17(20)19-12/h6-9H,3-5H2,1-2H3,(H,21,22). The van der Waals surface area contributed by atoms with Crippen LogP contribution in [0.25, 0.3) is 16.2 Å². The highest BCUT2D eigenvalue weighted by atomic mass is 32.1. The molecule has 1 aromatic carbocycles. The highest BCUT2D eigenvalue weighted by Crippen LogP contribution is 2.34. The monoisotopic (exact) mass is 332 g/mol. The van der Waals surface area contributed by atoms with Gasteiger partial charge in [-0.3, -0.25) is 4.40 Å². The third-order valence-electron chi connectivity index (χ3n) is 3.75. The van der Waals surface area contributed by atoms with Gasteiger partial charge < -0.3 is 5.11 Å². The number of benzene rings is 1. The number of rotatable bonds is 5. The number of carboxylic acids is 1. The molecule has 3 rings (SSSR count). The minimum atomic E-state index is -0.982. The Labute approximate surface area is 137 Å². The van der Waals surface area contributed by atoms with Gasteiger partial charge in [0.1, 0.15) is 5.82 Å². The van der Waals surface area contributed by atoms with Gasteiger partial charge in [-0.1, -0.05) is 20.3 Å². The molecule has 3 aromatic rings. The fourth-order valence-corrected chi connectivity index (χ4v) is 3.87. The first-order chi connectivity index (χ1) is 11.1. The van der Waals surface area contributed by atoms with Crippen molar-refractivity contribution in [3.8, 4) is 11.3 Å². The lowest BCUT2D eigenvalue weighted by Crippen LogP contribution is -2.06. The van der Waals surface area contributed by atoms with Crippen LogP contribution in [0.3, 0.4) is 0 Å². The molecule has 0 saturated heterocycles. The van der Waals surface area contributed by atoms with Gasteiger partial charge in [0.15, 0.2) is 10.7 Å². The van der Waals surface area contributed by atoms with Crippen LogP contribution in [0.15, 0.2) is 24.3 Å². The number of carboxylic acid groups (broad SMARTS) is 1. The minimum absolute atomic E-state index is 0.220. The Morgan fingerprint density at radius 3 is 2.57 bits per heavy atom. The molecule has 2 heterocycles. The van der Waals surface area contributed by atoms with Gasteiger partial charge in [-0.25, -0.2) is 14.2 Å². The van der Waals surface area contributed by atoms with Gasteiger partial charge in [-0.05, 0) is 42.7 Å². The SMILES string of the molecule is CCCc1nc2sc(CC)c(-c3ccc(F)cc3)n2c1C(=O)O. The normalized spacial score (nSPS) is 11.3. The molecule has 23 heavy (non-hydrogen) atoms. The summed E-state index contributed by atoms with van der Waals surface area (Å²) in [6, 6.07) is 6.15. The minimum Gasteiger partial charge on any atom is -0.477 e. The van der Waals surface area contributed by atoms with Crippen molar-refractivity contribution >= 4 is 22.3 Å². The Hall–Kier alpha value is -2.21. The lowest BCUT2D eigenvalue weighted by Gasteiger charge is -2.06. The van der Waals surface area contributed by atoms with Crippen molar-refractivity contribution in [3.63, 3.8) is 0 Å². The third-order valence-corrected chi connectivity index (χ3v) is 4.93. The van der Waals surface area contributed by atoms with Crippen LogP contribution in [-0.4, -0.2) is 20.5 Å². The average Bonchev–Trinajstić information content (AvgIpc) is 3.03. The van der Waals surface area contributed by atoms with Gasteiger partial charge in [-0.15, -0.1) is 11.3 Å². The lowest BCUT2D eigenvalue weighted by atomic mass is 10.1. The van der Waals surface area contributed by atoms with E-state index in [1.165, 1.54) is 23.5 Å². The Morgan fingerprint density at radius 2 is 2.00 bits per heavy atom. The van der Waals surface area contributed by atoms with E-state index >= 15 is 0 Å². The molecular formula is C17H17FN2O2S. The third kappa shape index (κ3) is 2.63. The quantitative estimate of drug-likeness (QED) is 0.753. The molecule has 6 heteroatoms. The van der Waals surface area contributed by atoms with Crippen molar-refractivity contribution in [2.75, 3.05) is 0 Å². The van der Waals surface area contributed by atoms with E-state index in [1.807, 2.05) is 13.8 Å². The van der Waals surface area contributed by atoms with E-state index in [1.54, 1.807) is 16.5 Å². The molecule has 0 atom stereocenters. The number of aromatic carboxylic acids is 1. The van der Waals surface area contributed by atoms with Crippen LogP contribution in [0.5, 0.6) is 0 Å². The summed E-state index contributed by atoms with van der Waals surface area (Å²) >= 11 is 1.50. The van der Waals surface area contributed by atoms with Crippen LogP contribution in [-0.2, 0) is 12.8 Å². The second-order valence-corrected chi connectivity index (χ2v) is 6.38. The van der Waals surface area contributed by atoms with Crippen LogP contribution in [0.4, 0.5) is 4.39 Å². The summed E-state index contributed by atoms with van der Waals surface area (Å²) in [6.07, 6.45) is 2.22. The van der Waals surface area contributed by atoms with Gasteiger partial charge in [0.25, 0.3) is 0 Å². The highest BCUT2D eigenvalue weighted by Gasteiger charge is 2.24. The molecule has 0 bridgehead atoms. The second-order valence-electron chi connectivity index (χ2n) is 5.31. The smallest absolute Gasteiger partial charge is 0.354 e. The number of thiazole rings is 1. The average molecular weight is 332 g/mol. The molecule has 0 aliphatic rings. The summed E-state index contributed by atoms with van der Waals surface area (Å²) in [4.78, 5) is 18.0. The number of carbonyl (C=O) groups is 1. The topological polar surface area (TPSA) is 54.6 Å². The Balaban J connectivity index is 2.33. The largest absolute Gasteiger partial charge is 0.477 e. The highest BCUT2D eigenvalue weighted by molar-refractivity contribution is 7.17. The van der Waals surface area contributed by atoms with Crippen LogP contribution in [0, 0.1) is 5.82 Å². The van der Waals surface area contributed by atoms with Crippen LogP contribution < -0.4 is 0 Å². The predicted molar refractivity (Wildman–Crippen MR) is 88.8 cm³/mol. The number of hydrogen-bond acceptors (Lipinski definition) is 3. The van der Waals surface area contributed by atoms with Crippen LogP contribution in [0.2, 0.25) is 0 Å². The molecule has 0 spiro atoms. The Morgan fingerprint density at radius 1 is 1.30 bits per heavy atom. The van der Waals surface area contributed by atoms with E-state index in [0.717, 1.165) is 29.0 Å². The molecule has 0 aliphatic carbocycles. The van der Waals surface area contributed by atoms with Crippen molar-refractivity contribution in [3.05, 3.63) is 46.3 Å². The first kappa shape index (κ1) is 15.7. The maximum Gasteiger partial charge on any atom is 0.354 e. The lowest BCUT2D eigenvalue weighted by molar-refractivity contribution is 0.0688. The van der Waals surface area contributed by atoms with Gasteiger partial charge >= 0.3 is 5.97 Å². The fraction of sp³-hybridized carbons (Fsp3) is 0.294. The number of aryl methyl sites for hydroxylation is 2. The van der Waals surface area contributed by atoms with Crippen molar-refractivity contribution in [1.29, 1.82) is 0 Å². The zero-order valence-electron chi connectivity index (χ0n) is 13.0. The Bertz CT molecular complexity index is 865. The summed E-state index contributed by atoms with van der Waals surface area (Å²) in [5, 5.41) is 9.66. The van der Waals surface area contributed by atoms with Gasteiger partial charge in [0.2, 0.25) is 0 Å².